The Labute approximate surface area is 185 Å². The zero-order valence-electron chi connectivity index (χ0n) is 17.4. The van der Waals surface area contributed by atoms with Crippen molar-refractivity contribution in [3.8, 4) is 0 Å². The molecule has 2 heterocycles. The van der Waals surface area contributed by atoms with Crippen LogP contribution in [0.15, 0.2) is 96.7 Å². The number of aromatic amines is 1. The molecular weight excluding hydrogens is 400 g/mol. The molecule has 5 heteroatoms. The minimum atomic E-state index is -0.654. The lowest BCUT2D eigenvalue weighted by molar-refractivity contribution is -0.139. The summed E-state index contributed by atoms with van der Waals surface area (Å²) in [6.45, 7) is 0.359. The van der Waals surface area contributed by atoms with E-state index >= 15 is 0 Å². The highest BCUT2D eigenvalue weighted by molar-refractivity contribution is 6.46. The van der Waals surface area contributed by atoms with Gasteiger partial charge in [-0.25, -0.2) is 0 Å². The fraction of sp³-hybridized carbons (Fsp3) is 0.111. The number of aliphatic hydroxyl groups excluding tert-OH is 1. The lowest BCUT2D eigenvalue weighted by Crippen LogP contribution is -2.31. The number of para-hydroxylation sites is 1. The minimum absolute atomic E-state index is 0.131. The average molecular weight is 422 g/mol. The van der Waals surface area contributed by atoms with Gasteiger partial charge in [0.2, 0.25) is 0 Å². The molecule has 0 unspecified atom stereocenters. The summed E-state index contributed by atoms with van der Waals surface area (Å²) in [6, 6.07) is 25.7. The number of aliphatic hydroxyl groups is 1. The second kappa shape index (κ2) is 8.19. The normalized spacial score (nSPS) is 17.9. The Morgan fingerprint density at radius 2 is 1.53 bits per heavy atom. The van der Waals surface area contributed by atoms with E-state index in [0.29, 0.717) is 18.5 Å². The fourth-order valence-corrected chi connectivity index (χ4v) is 4.42. The summed E-state index contributed by atoms with van der Waals surface area (Å²) in [5.41, 5.74) is 3.56. The van der Waals surface area contributed by atoms with Gasteiger partial charge in [0, 0.05) is 29.2 Å². The third-order valence-corrected chi connectivity index (χ3v) is 6.00. The monoisotopic (exact) mass is 422 g/mol. The van der Waals surface area contributed by atoms with Crippen LogP contribution < -0.4 is 0 Å². The van der Waals surface area contributed by atoms with Crippen molar-refractivity contribution in [2.75, 3.05) is 6.54 Å². The number of rotatable bonds is 5. The number of hydrogen-bond donors (Lipinski definition) is 2. The van der Waals surface area contributed by atoms with E-state index in [1.807, 2.05) is 66.9 Å². The molecule has 0 spiro atoms. The van der Waals surface area contributed by atoms with Gasteiger partial charge in [-0.3, -0.25) is 9.59 Å². The molecule has 5 nitrogen and oxygen atoms in total. The van der Waals surface area contributed by atoms with Gasteiger partial charge in [-0.1, -0.05) is 78.9 Å². The van der Waals surface area contributed by atoms with Crippen LogP contribution in [0.25, 0.3) is 16.7 Å². The van der Waals surface area contributed by atoms with Crippen LogP contribution in [0.5, 0.6) is 0 Å². The van der Waals surface area contributed by atoms with Crippen LogP contribution >= 0.6 is 0 Å². The molecule has 5 rings (SSSR count). The zero-order valence-corrected chi connectivity index (χ0v) is 17.4. The maximum atomic E-state index is 13.1. The van der Waals surface area contributed by atoms with Crippen LogP contribution in [0, 0.1) is 0 Å². The Hall–Kier alpha value is -4.12. The third kappa shape index (κ3) is 3.38. The number of hydrogen-bond acceptors (Lipinski definition) is 3. The Bertz CT molecular complexity index is 1320. The highest BCUT2D eigenvalue weighted by atomic mass is 16.3. The number of aromatic nitrogens is 1. The van der Waals surface area contributed by atoms with Gasteiger partial charge in [0.05, 0.1) is 11.6 Å². The number of amides is 1. The van der Waals surface area contributed by atoms with E-state index in [1.165, 1.54) is 0 Å². The van der Waals surface area contributed by atoms with E-state index in [1.54, 1.807) is 29.2 Å². The predicted molar refractivity (Wildman–Crippen MR) is 124 cm³/mol. The quantitative estimate of drug-likeness (QED) is 0.275. The zero-order chi connectivity index (χ0) is 22.1. The largest absolute Gasteiger partial charge is 0.507 e. The molecule has 1 fully saturated rings. The lowest BCUT2D eigenvalue weighted by atomic mass is 9.95. The van der Waals surface area contributed by atoms with E-state index < -0.39 is 17.7 Å². The molecule has 1 aliphatic rings. The van der Waals surface area contributed by atoms with Crippen molar-refractivity contribution in [3.05, 3.63) is 113 Å². The number of nitrogens with one attached hydrogen (secondary N) is 1. The first-order chi connectivity index (χ1) is 15.6. The van der Waals surface area contributed by atoms with Gasteiger partial charge in [0.1, 0.15) is 5.76 Å². The molecule has 1 aliphatic heterocycles. The summed E-state index contributed by atoms with van der Waals surface area (Å²) in [5.74, 6) is -1.39. The number of benzene rings is 3. The van der Waals surface area contributed by atoms with E-state index in [-0.39, 0.29) is 11.3 Å². The molecule has 158 valence electrons. The smallest absolute Gasteiger partial charge is 0.295 e. The first kappa shape index (κ1) is 19.8. The van der Waals surface area contributed by atoms with Gasteiger partial charge in [0.25, 0.3) is 11.7 Å². The standard InChI is InChI=1S/C27H22N2O3/c30-25(19-11-5-2-6-12-19)23-24(18-9-3-1-4-10-18)29(27(32)26(23)31)16-15-20-17-28-22-14-8-7-13-21(20)22/h1-14,17,24,28,30H,15-16H2/b25-23+/t24-/m1/s1. The van der Waals surface area contributed by atoms with Crippen molar-refractivity contribution in [2.24, 2.45) is 0 Å². The van der Waals surface area contributed by atoms with Gasteiger partial charge in [-0.05, 0) is 23.6 Å². The van der Waals surface area contributed by atoms with Gasteiger partial charge in [-0.2, -0.15) is 0 Å². The number of fused-ring (bicyclic) bond motifs is 1. The maximum Gasteiger partial charge on any atom is 0.295 e. The van der Waals surface area contributed by atoms with Crippen molar-refractivity contribution >= 4 is 28.4 Å². The minimum Gasteiger partial charge on any atom is -0.507 e. The second-order valence-corrected chi connectivity index (χ2v) is 7.88. The summed E-state index contributed by atoms with van der Waals surface area (Å²) in [6.07, 6.45) is 2.54. The summed E-state index contributed by atoms with van der Waals surface area (Å²) in [4.78, 5) is 31.0. The lowest BCUT2D eigenvalue weighted by Gasteiger charge is -2.25. The predicted octanol–water partition coefficient (Wildman–Crippen LogP) is 4.83. The molecule has 32 heavy (non-hydrogen) atoms. The molecule has 1 atom stereocenters. The van der Waals surface area contributed by atoms with Crippen LogP contribution in [0.1, 0.15) is 22.7 Å². The summed E-state index contributed by atoms with van der Waals surface area (Å²) >= 11 is 0. The molecule has 0 aliphatic carbocycles. The van der Waals surface area contributed by atoms with Gasteiger partial charge < -0.3 is 15.0 Å². The van der Waals surface area contributed by atoms with Crippen molar-refractivity contribution in [3.63, 3.8) is 0 Å². The number of carbonyl (C=O) groups is 2. The van der Waals surface area contributed by atoms with Gasteiger partial charge in [-0.15, -0.1) is 0 Å². The number of carbonyl (C=O) groups excluding carboxylic acids is 2. The van der Waals surface area contributed by atoms with Crippen LogP contribution in [-0.4, -0.2) is 33.2 Å². The number of H-pyrrole nitrogens is 1. The Morgan fingerprint density at radius 3 is 2.28 bits per heavy atom. The van der Waals surface area contributed by atoms with Gasteiger partial charge in [0.15, 0.2) is 0 Å². The van der Waals surface area contributed by atoms with Crippen LogP contribution in [0.4, 0.5) is 0 Å². The second-order valence-electron chi connectivity index (χ2n) is 7.88. The summed E-state index contributed by atoms with van der Waals surface area (Å²) in [5, 5.41) is 12.1. The number of Topliss-reactive ketones (excluding diaryl/α,β-unsaturated/α-hetero) is 1. The van der Waals surface area contributed by atoms with E-state index in [9.17, 15) is 14.7 Å². The molecule has 0 bridgehead atoms. The first-order valence-electron chi connectivity index (χ1n) is 10.6. The Morgan fingerprint density at radius 1 is 0.875 bits per heavy atom. The van der Waals surface area contributed by atoms with Crippen LogP contribution in [0.3, 0.4) is 0 Å². The van der Waals surface area contributed by atoms with Crippen LogP contribution in [-0.2, 0) is 16.0 Å². The molecule has 1 saturated heterocycles. The molecule has 4 aromatic rings. The SMILES string of the molecule is O=C1C(=O)N(CCc2c[nH]c3ccccc23)[C@H](c2ccccc2)/C1=C(\O)c1ccccc1. The fourth-order valence-electron chi connectivity index (χ4n) is 4.42. The molecule has 1 aromatic heterocycles. The number of nitrogens with zero attached hydrogens (tertiary/aromatic N) is 1. The molecule has 0 radical (unpaired) electrons. The molecule has 3 aromatic carbocycles. The van der Waals surface area contributed by atoms with Crippen molar-refractivity contribution in [2.45, 2.75) is 12.5 Å². The topological polar surface area (TPSA) is 73.4 Å². The van der Waals surface area contributed by atoms with E-state index in [2.05, 4.69) is 4.98 Å². The Balaban J connectivity index is 1.55. The van der Waals surface area contributed by atoms with E-state index in [0.717, 1.165) is 22.0 Å². The Kier molecular flexibility index (Phi) is 5.07. The molecular formula is C27H22N2O3. The molecule has 2 N–H and O–H groups in total. The third-order valence-electron chi connectivity index (χ3n) is 6.00. The molecule has 1 amide bonds. The summed E-state index contributed by atoms with van der Waals surface area (Å²) < 4.78 is 0. The first-order valence-corrected chi connectivity index (χ1v) is 10.6. The average Bonchev–Trinajstić information content (AvgIpc) is 3.37. The maximum absolute atomic E-state index is 13.1. The molecule has 0 saturated carbocycles. The van der Waals surface area contributed by atoms with Crippen LogP contribution in [0.2, 0.25) is 0 Å². The highest BCUT2D eigenvalue weighted by Gasteiger charge is 2.45. The summed E-state index contributed by atoms with van der Waals surface area (Å²) in [7, 11) is 0. The van der Waals surface area contributed by atoms with E-state index in [4.69, 9.17) is 0 Å². The van der Waals surface area contributed by atoms with Crippen molar-refractivity contribution < 1.29 is 14.7 Å². The van der Waals surface area contributed by atoms with Crippen molar-refractivity contribution in [1.82, 2.24) is 9.88 Å². The number of likely N-dealkylation sites (tertiary alicyclic amines) is 1. The highest BCUT2D eigenvalue weighted by Crippen LogP contribution is 2.39. The van der Waals surface area contributed by atoms with Crippen molar-refractivity contribution in [1.29, 1.82) is 0 Å². The number of ketones is 1. The van der Waals surface area contributed by atoms with Gasteiger partial charge >= 0.3 is 0 Å².